The molecule has 1 fully saturated rings. The van der Waals surface area contributed by atoms with Crippen molar-refractivity contribution >= 4 is 10.0 Å². The van der Waals surface area contributed by atoms with Crippen LogP contribution in [-0.4, -0.2) is 44.8 Å². The third kappa shape index (κ3) is 3.12. The van der Waals surface area contributed by atoms with Crippen molar-refractivity contribution in [2.45, 2.75) is 19.8 Å². The molecule has 6 heteroatoms. The molecule has 0 saturated carbocycles. The van der Waals surface area contributed by atoms with Gasteiger partial charge in [-0.2, -0.15) is 0 Å². The number of nitrogens with zero attached hydrogens (tertiary/aromatic N) is 1. The van der Waals surface area contributed by atoms with Crippen LogP contribution in [0.5, 0.6) is 0 Å². The fourth-order valence-corrected chi connectivity index (χ4v) is 3.36. The minimum absolute atomic E-state index is 0.0815. The summed E-state index contributed by atoms with van der Waals surface area (Å²) in [7, 11) is -3.27. The summed E-state index contributed by atoms with van der Waals surface area (Å²) in [5.41, 5.74) is 5.48. The molecule has 1 rings (SSSR count). The molecule has 90 valence electrons. The van der Waals surface area contributed by atoms with Gasteiger partial charge in [-0.15, -0.1) is 0 Å². The van der Waals surface area contributed by atoms with E-state index in [1.54, 1.807) is 0 Å². The fraction of sp³-hybridized carbons (Fsp3) is 1.00. The van der Waals surface area contributed by atoms with E-state index in [9.17, 15) is 12.8 Å². The van der Waals surface area contributed by atoms with Gasteiger partial charge in [-0.05, 0) is 24.8 Å². The van der Waals surface area contributed by atoms with Crippen molar-refractivity contribution in [2.24, 2.45) is 11.1 Å². The van der Waals surface area contributed by atoms with Gasteiger partial charge in [0.1, 0.15) is 0 Å². The van der Waals surface area contributed by atoms with Gasteiger partial charge in [-0.3, -0.25) is 4.39 Å². The van der Waals surface area contributed by atoms with Crippen molar-refractivity contribution < 1.29 is 12.8 Å². The first-order chi connectivity index (χ1) is 6.93. The van der Waals surface area contributed by atoms with E-state index < -0.39 is 16.7 Å². The second kappa shape index (κ2) is 4.76. The first kappa shape index (κ1) is 12.9. The molecule has 0 aromatic heterocycles. The average Bonchev–Trinajstić information content (AvgIpc) is 2.60. The Balaban J connectivity index is 2.60. The number of alkyl halides is 1. The lowest BCUT2D eigenvalue weighted by atomic mass is 9.90. The summed E-state index contributed by atoms with van der Waals surface area (Å²) in [5, 5.41) is 0. The molecule has 15 heavy (non-hydrogen) atoms. The van der Waals surface area contributed by atoms with E-state index in [0.717, 1.165) is 6.42 Å². The highest BCUT2D eigenvalue weighted by Gasteiger charge is 2.37. The Morgan fingerprint density at radius 3 is 2.67 bits per heavy atom. The minimum Gasteiger partial charge on any atom is -0.330 e. The Hall–Kier alpha value is -0.200. The van der Waals surface area contributed by atoms with Gasteiger partial charge in [0.15, 0.2) is 0 Å². The zero-order valence-corrected chi connectivity index (χ0v) is 9.89. The molecule has 1 aliphatic rings. The highest BCUT2D eigenvalue weighted by Crippen LogP contribution is 2.30. The van der Waals surface area contributed by atoms with Crippen LogP contribution in [0.3, 0.4) is 0 Å². The molecule has 0 aliphatic carbocycles. The monoisotopic (exact) mass is 238 g/mol. The van der Waals surface area contributed by atoms with Crippen molar-refractivity contribution in [3.8, 4) is 0 Å². The van der Waals surface area contributed by atoms with E-state index in [1.807, 2.05) is 6.92 Å². The molecule has 0 aromatic rings. The molecule has 1 atom stereocenters. The van der Waals surface area contributed by atoms with Gasteiger partial charge >= 0.3 is 0 Å². The van der Waals surface area contributed by atoms with Crippen LogP contribution in [0.4, 0.5) is 4.39 Å². The standard InChI is InChI=1S/C9H19FN2O2S/c1-9(7-11)3-5-12(8-9)15(13,14)6-2-4-10/h2-8,11H2,1H3. The van der Waals surface area contributed by atoms with Crippen LogP contribution in [0.2, 0.25) is 0 Å². The number of nitrogens with two attached hydrogens (primary N) is 1. The predicted molar refractivity (Wildman–Crippen MR) is 57.7 cm³/mol. The third-order valence-corrected chi connectivity index (χ3v) is 4.85. The lowest BCUT2D eigenvalue weighted by molar-refractivity contribution is 0.349. The van der Waals surface area contributed by atoms with E-state index in [-0.39, 0.29) is 17.6 Å². The minimum atomic E-state index is -3.27. The third-order valence-electron chi connectivity index (χ3n) is 2.94. The van der Waals surface area contributed by atoms with Crippen LogP contribution >= 0.6 is 0 Å². The molecular weight excluding hydrogens is 219 g/mol. The predicted octanol–water partition coefficient (Wildman–Crippen LogP) is 0.346. The molecule has 4 nitrogen and oxygen atoms in total. The zero-order chi connectivity index (χ0) is 11.5. The molecular formula is C9H19FN2O2S. The number of rotatable bonds is 5. The van der Waals surface area contributed by atoms with Crippen LogP contribution in [0, 0.1) is 5.41 Å². The first-order valence-electron chi connectivity index (χ1n) is 5.17. The van der Waals surface area contributed by atoms with Crippen LogP contribution in [0.25, 0.3) is 0 Å². The zero-order valence-electron chi connectivity index (χ0n) is 9.08. The molecule has 1 unspecified atom stereocenters. The highest BCUT2D eigenvalue weighted by molar-refractivity contribution is 7.89. The van der Waals surface area contributed by atoms with Crippen molar-refractivity contribution in [3.63, 3.8) is 0 Å². The van der Waals surface area contributed by atoms with Crippen LogP contribution in [0.1, 0.15) is 19.8 Å². The quantitative estimate of drug-likeness (QED) is 0.751. The Morgan fingerprint density at radius 2 is 2.20 bits per heavy atom. The summed E-state index contributed by atoms with van der Waals surface area (Å²) in [6, 6.07) is 0. The van der Waals surface area contributed by atoms with Crippen LogP contribution < -0.4 is 5.73 Å². The topological polar surface area (TPSA) is 63.4 Å². The SMILES string of the molecule is CC1(CN)CCN(S(=O)(=O)CCCF)C1. The van der Waals surface area contributed by atoms with Crippen molar-refractivity contribution in [1.82, 2.24) is 4.31 Å². The smallest absolute Gasteiger partial charge is 0.214 e. The van der Waals surface area contributed by atoms with E-state index in [0.29, 0.717) is 19.6 Å². The second-order valence-corrected chi connectivity index (χ2v) is 6.55. The van der Waals surface area contributed by atoms with Gasteiger partial charge in [-0.1, -0.05) is 6.92 Å². The van der Waals surface area contributed by atoms with E-state index >= 15 is 0 Å². The first-order valence-corrected chi connectivity index (χ1v) is 6.78. The normalized spacial score (nSPS) is 28.5. The maximum atomic E-state index is 11.9. The van der Waals surface area contributed by atoms with Gasteiger partial charge in [0.25, 0.3) is 0 Å². The van der Waals surface area contributed by atoms with Gasteiger partial charge in [0, 0.05) is 13.1 Å². The largest absolute Gasteiger partial charge is 0.330 e. The van der Waals surface area contributed by atoms with Crippen molar-refractivity contribution in [2.75, 3.05) is 32.1 Å². The van der Waals surface area contributed by atoms with Crippen molar-refractivity contribution in [3.05, 3.63) is 0 Å². The molecule has 2 N–H and O–H groups in total. The lowest BCUT2D eigenvalue weighted by Crippen LogP contribution is -2.35. The molecule has 1 heterocycles. The van der Waals surface area contributed by atoms with Crippen LogP contribution in [-0.2, 0) is 10.0 Å². The van der Waals surface area contributed by atoms with Crippen molar-refractivity contribution in [1.29, 1.82) is 0 Å². The lowest BCUT2D eigenvalue weighted by Gasteiger charge is -2.22. The van der Waals surface area contributed by atoms with Crippen LogP contribution in [0.15, 0.2) is 0 Å². The molecule has 1 saturated heterocycles. The molecule has 0 amide bonds. The summed E-state index contributed by atoms with van der Waals surface area (Å²) in [6.45, 7) is 2.88. The summed E-state index contributed by atoms with van der Waals surface area (Å²) in [6.07, 6.45) is 0.872. The Morgan fingerprint density at radius 1 is 1.53 bits per heavy atom. The molecule has 0 aromatic carbocycles. The summed E-state index contributed by atoms with van der Waals surface area (Å²) in [5.74, 6) is -0.0931. The summed E-state index contributed by atoms with van der Waals surface area (Å²) < 4.78 is 36.8. The highest BCUT2D eigenvalue weighted by atomic mass is 32.2. The van der Waals surface area contributed by atoms with E-state index in [2.05, 4.69) is 0 Å². The van der Waals surface area contributed by atoms with Gasteiger partial charge in [0.05, 0.1) is 12.4 Å². The second-order valence-electron chi connectivity index (χ2n) is 4.46. The van der Waals surface area contributed by atoms with E-state index in [1.165, 1.54) is 4.31 Å². The number of halogens is 1. The summed E-state index contributed by atoms with van der Waals surface area (Å²) in [4.78, 5) is 0. The molecule has 0 radical (unpaired) electrons. The Labute approximate surface area is 90.7 Å². The molecule has 1 aliphatic heterocycles. The Kier molecular flexibility index (Phi) is 4.08. The maximum absolute atomic E-state index is 11.9. The van der Waals surface area contributed by atoms with Gasteiger partial charge in [-0.25, -0.2) is 12.7 Å². The Bertz CT molecular complexity index is 307. The van der Waals surface area contributed by atoms with E-state index in [4.69, 9.17) is 5.73 Å². The maximum Gasteiger partial charge on any atom is 0.214 e. The number of hydrogen-bond donors (Lipinski definition) is 1. The van der Waals surface area contributed by atoms with Gasteiger partial charge < -0.3 is 5.73 Å². The summed E-state index contributed by atoms with van der Waals surface area (Å²) >= 11 is 0. The fourth-order valence-electron chi connectivity index (χ4n) is 1.75. The van der Waals surface area contributed by atoms with Gasteiger partial charge in [0.2, 0.25) is 10.0 Å². The molecule has 0 spiro atoms. The average molecular weight is 238 g/mol. The number of hydrogen-bond acceptors (Lipinski definition) is 3. The molecule has 0 bridgehead atoms. The number of sulfonamides is 1.